The first-order valence-corrected chi connectivity index (χ1v) is 13.4. The van der Waals surface area contributed by atoms with Gasteiger partial charge in [-0.1, -0.05) is 6.07 Å². The van der Waals surface area contributed by atoms with Gasteiger partial charge in [0.15, 0.2) is 5.58 Å². The number of fused-ring (bicyclic) bond motifs is 2. The lowest BCUT2D eigenvalue weighted by molar-refractivity contribution is 0.255. The largest absolute Gasteiger partial charge is 0.417 e. The van der Waals surface area contributed by atoms with Crippen LogP contribution >= 0.6 is 11.3 Å². The lowest BCUT2D eigenvalue weighted by atomic mass is 10.2. The molecular weight excluding hydrogens is 479 g/mol. The van der Waals surface area contributed by atoms with Crippen LogP contribution in [0.15, 0.2) is 49.8 Å². The molecule has 3 heterocycles. The van der Waals surface area contributed by atoms with Gasteiger partial charge < -0.3 is 9.32 Å². The molecular formula is C23H25FN4O4S2. The maximum atomic E-state index is 13.6. The molecule has 1 fully saturated rings. The first-order valence-electron chi connectivity index (χ1n) is 11.1. The fourth-order valence-electron chi connectivity index (χ4n) is 4.42. The molecule has 180 valence electrons. The fourth-order valence-corrected chi connectivity index (χ4v) is 7.28. The SMILES string of the molecule is Cc1c(S(=O)(=O)NCCCN2CCN(c3cccc4[nH]c(=O)oc34)CC2)sc2ccc(F)cc12. The molecule has 2 aromatic carbocycles. The van der Waals surface area contributed by atoms with Gasteiger partial charge in [0, 0.05) is 37.4 Å². The average molecular weight is 505 g/mol. The zero-order chi connectivity index (χ0) is 23.9. The van der Waals surface area contributed by atoms with E-state index in [1.54, 1.807) is 13.0 Å². The van der Waals surface area contributed by atoms with Gasteiger partial charge in [-0.25, -0.2) is 22.3 Å². The number of sulfonamides is 1. The van der Waals surface area contributed by atoms with Crippen LogP contribution in [0.4, 0.5) is 10.1 Å². The molecule has 8 nitrogen and oxygen atoms in total. The predicted octanol–water partition coefficient (Wildman–Crippen LogP) is 3.27. The summed E-state index contributed by atoms with van der Waals surface area (Å²) in [5.41, 5.74) is 2.75. The van der Waals surface area contributed by atoms with Crippen molar-refractivity contribution in [3.63, 3.8) is 0 Å². The lowest BCUT2D eigenvalue weighted by Crippen LogP contribution is -2.47. The Bertz CT molecular complexity index is 1500. The van der Waals surface area contributed by atoms with Gasteiger partial charge in [0.2, 0.25) is 10.0 Å². The van der Waals surface area contributed by atoms with Gasteiger partial charge >= 0.3 is 5.76 Å². The van der Waals surface area contributed by atoms with Crippen molar-refractivity contribution >= 4 is 48.2 Å². The van der Waals surface area contributed by atoms with Crippen molar-refractivity contribution in [3.8, 4) is 0 Å². The molecule has 34 heavy (non-hydrogen) atoms. The Balaban J connectivity index is 1.14. The van der Waals surface area contributed by atoms with E-state index in [1.165, 1.54) is 12.1 Å². The third kappa shape index (κ3) is 4.48. The maximum Gasteiger partial charge on any atom is 0.417 e. The normalized spacial score (nSPS) is 15.5. The number of H-pyrrole nitrogens is 1. The van der Waals surface area contributed by atoms with Crippen LogP contribution in [-0.2, 0) is 10.0 Å². The van der Waals surface area contributed by atoms with Crippen LogP contribution < -0.4 is 15.4 Å². The van der Waals surface area contributed by atoms with Crippen molar-refractivity contribution in [1.82, 2.24) is 14.6 Å². The van der Waals surface area contributed by atoms with Crippen LogP contribution in [-0.4, -0.2) is 57.6 Å². The monoisotopic (exact) mass is 504 g/mol. The summed E-state index contributed by atoms with van der Waals surface area (Å²) in [6, 6.07) is 10.0. The molecule has 0 saturated carbocycles. The summed E-state index contributed by atoms with van der Waals surface area (Å²) in [6.45, 7) is 6.06. The molecule has 0 unspecified atom stereocenters. The highest BCUT2D eigenvalue weighted by atomic mass is 32.2. The number of aryl methyl sites for hydroxylation is 1. The molecule has 1 aliphatic heterocycles. The predicted molar refractivity (Wildman–Crippen MR) is 132 cm³/mol. The van der Waals surface area contributed by atoms with Crippen molar-refractivity contribution < 1.29 is 17.2 Å². The zero-order valence-corrected chi connectivity index (χ0v) is 20.3. The quantitative estimate of drug-likeness (QED) is 0.375. The minimum absolute atomic E-state index is 0.243. The number of anilines is 1. The highest BCUT2D eigenvalue weighted by Crippen LogP contribution is 2.34. The maximum absolute atomic E-state index is 13.6. The molecule has 0 atom stereocenters. The molecule has 0 aliphatic carbocycles. The molecule has 2 aromatic heterocycles. The van der Waals surface area contributed by atoms with Crippen molar-refractivity contribution in [3.05, 3.63) is 58.3 Å². The molecule has 2 N–H and O–H groups in total. The van der Waals surface area contributed by atoms with Gasteiger partial charge in [-0.2, -0.15) is 0 Å². The number of aromatic nitrogens is 1. The minimum atomic E-state index is -3.65. The van der Waals surface area contributed by atoms with E-state index in [4.69, 9.17) is 4.42 Å². The summed E-state index contributed by atoms with van der Waals surface area (Å²) < 4.78 is 48.2. The number of piperazine rings is 1. The second kappa shape index (κ2) is 9.14. The summed E-state index contributed by atoms with van der Waals surface area (Å²) in [4.78, 5) is 18.7. The highest BCUT2D eigenvalue weighted by molar-refractivity contribution is 7.91. The van der Waals surface area contributed by atoms with Crippen molar-refractivity contribution in [1.29, 1.82) is 0 Å². The first-order chi connectivity index (χ1) is 16.3. The van der Waals surface area contributed by atoms with E-state index < -0.39 is 15.8 Å². The number of hydrogen-bond acceptors (Lipinski definition) is 7. The van der Waals surface area contributed by atoms with E-state index in [1.807, 2.05) is 18.2 Å². The molecule has 4 aromatic rings. The highest BCUT2D eigenvalue weighted by Gasteiger charge is 2.23. The van der Waals surface area contributed by atoms with Gasteiger partial charge in [0.05, 0.1) is 11.2 Å². The Morgan fingerprint density at radius 2 is 1.97 bits per heavy atom. The van der Waals surface area contributed by atoms with Crippen LogP contribution in [0, 0.1) is 12.7 Å². The Morgan fingerprint density at radius 1 is 1.18 bits per heavy atom. The molecule has 5 rings (SSSR count). The Morgan fingerprint density at radius 3 is 2.76 bits per heavy atom. The summed E-state index contributed by atoms with van der Waals surface area (Å²) in [5.74, 6) is -0.832. The molecule has 0 amide bonds. The Labute approximate surface area is 200 Å². The summed E-state index contributed by atoms with van der Waals surface area (Å²) >= 11 is 1.16. The van der Waals surface area contributed by atoms with E-state index >= 15 is 0 Å². The second-order valence-corrected chi connectivity index (χ2v) is 11.4. The number of nitrogens with one attached hydrogen (secondary N) is 2. The number of aromatic amines is 1. The number of oxazole rings is 1. The number of hydrogen-bond donors (Lipinski definition) is 2. The third-order valence-corrected chi connectivity index (χ3v) is 9.53. The van der Waals surface area contributed by atoms with E-state index in [0.717, 1.165) is 54.4 Å². The van der Waals surface area contributed by atoms with Gasteiger partial charge in [0.25, 0.3) is 0 Å². The smallest absolute Gasteiger partial charge is 0.406 e. The number of thiophene rings is 1. The number of nitrogens with zero attached hydrogens (tertiary/aromatic N) is 2. The van der Waals surface area contributed by atoms with Crippen LogP contribution in [0.2, 0.25) is 0 Å². The first kappa shape index (κ1) is 23.0. The molecule has 1 aliphatic rings. The second-order valence-electron chi connectivity index (χ2n) is 8.40. The fraction of sp³-hybridized carbons (Fsp3) is 0.348. The van der Waals surface area contributed by atoms with E-state index in [2.05, 4.69) is 19.5 Å². The van der Waals surface area contributed by atoms with Crippen molar-refractivity contribution in [2.45, 2.75) is 17.6 Å². The molecule has 0 spiro atoms. The van der Waals surface area contributed by atoms with Gasteiger partial charge in [-0.3, -0.25) is 9.88 Å². The van der Waals surface area contributed by atoms with Crippen molar-refractivity contribution in [2.24, 2.45) is 0 Å². The van der Waals surface area contributed by atoms with E-state index in [9.17, 15) is 17.6 Å². The molecule has 0 bridgehead atoms. The summed E-state index contributed by atoms with van der Waals surface area (Å²) in [7, 11) is -3.65. The van der Waals surface area contributed by atoms with Gasteiger partial charge in [-0.05, 0) is 61.2 Å². The molecule has 11 heteroatoms. The zero-order valence-electron chi connectivity index (χ0n) is 18.6. The van der Waals surface area contributed by atoms with E-state index in [-0.39, 0.29) is 10.0 Å². The van der Waals surface area contributed by atoms with Crippen LogP contribution in [0.3, 0.4) is 0 Å². The Hall–Kier alpha value is -2.73. The minimum Gasteiger partial charge on any atom is -0.406 e. The van der Waals surface area contributed by atoms with E-state index in [0.29, 0.717) is 35.0 Å². The molecule has 0 radical (unpaired) electrons. The topological polar surface area (TPSA) is 98.6 Å². The summed E-state index contributed by atoms with van der Waals surface area (Å²) in [5, 5.41) is 0.637. The van der Waals surface area contributed by atoms with Crippen LogP contribution in [0.1, 0.15) is 12.0 Å². The molecule has 1 saturated heterocycles. The van der Waals surface area contributed by atoms with Crippen LogP contribution in [0.25, 0.3) is 21.2 Å². The average Bonchev–Trinajstić information content (AvgIpc) is 3.36. The number of rotatable bonds is 7. The Kier molecular flexibility index (Phi) is 6.19. The van der Waals surface area contributed by atoms with Crippen LogP contribution in [0.5, 0.6) is 0 Å². The summed E-state index contributed by atoms with van der Waals surface area (Å²) in [6.07, 6.45) is 0.681. The standard InChI is InChI=1S/C23H25FN4O4S2/c1-15-17-14-16(24)6-7-20(17)33-22(15)34(30,31)25-8-3-9-27-10-12-28(13-11-27)19-5-2-4-18-21(19)32-23(29)26-18/h2,4-7,14,25H,3,8-13H2,1H3,(H,26,29). The van der Waals surface area contributed by atoms with Gasteiger partial charge in [0.1, 0.15) is 10.0 Å². The van der Waals surface area contributed by atoms with Crippen molar-refractivity contribution in [2.75, 3.05) is 44.2 Å². The third-order valence-electron chi connectivity index (χ3n) is 6.18. The number of para-hydroxylation sites is 1. The number of halogens is 1. The lowest BCUT2D eigenvalue weighted by Gasteiger charge is -2.36. The number of benzene rings is 2. The van der Waals surface area contributed by atoms with Gasteiger partial charge in [-0.15, -0.1) is 11.3 Å².